The van der Waals surface area contributed by atoms with Gasteiger partial charge in [0, 0.05) is 20.1 Å². The molecule has 2 N–H and O–H groups in total. The van der Waals surface area contributed by atoms with Gasteiger partial charge in [0.2, 0.25) is 5.91 Å². The highest BCUT2D eigenvalue weighted by atomic mass is 16.3. The van der Waals surface area contributed by atoms with Gasteiger partial charge in [-0.2, -0.15) is 0 Å². The quantitative estimate of drug-likeness (QED) is 0.530. The van der Waals surface area contributed by atoms with Gasteiger partial charge in [-0.3, -0.25) is 14.5 Å². The third-order valence-corrected chi connectivity index (χ3v) is 3.14. The van der Waals surface area contributed by atoms with Crippen LogP contribution in [-0.2, 0) is 9.59 Å². The van der Waals surface area contributed by atoms with E-state index in [0.29, 0.717) is 0 Å². The van der Waals surface area contributed by atoms with E-state index in [-0.39, 0.29) is 26.2 Å². The van der Waals surface area contributed by atoms with Crippen LogP contribution in [0.1, 0.15) is 0 Å². The molecule has 2 aliphatic rings. The van der Waals surface area contributed by atoms with Gasteiger partial charge in [-0.1, -0.05) is 0 Å². The number of aliphatic hydroxyl groups is 2. The molecule has 0 saturated carbocycles. The molecule has 100 valence electrons. The van der Waals surface area contributed by atoms with Crippen molar-refractivity contribution < 1.29 is 24.6 Å². The molecule has 0 aromatic carbocycles. The Bertz CT molecular complexity index is 389. The fourth-order valence-electron chi connectivity index (χ4n) is 2.03. The summed E-state index contributed by atoms with van der Waals surface area (Å²) in [6.07, 6.45) is -1.94. The van der Waals surface area contributed by atoms with E-state index in [2.05, 4.69) is 0 Å². The monoisotopic (exact) mass is 257 g/mol. The van der Waals surface area contributed by atoms with Crippen LogP contribution in [0.5, 0.6) is 0 Å². The summed E-state index contributed by atoms with van der Waals surface area (Å²) in [4.78, 5) is 38.2. The average molecular weight is 257 g/mol. The SMILES string of the molecule is CN1CC(=O)N(CC(=O)N2C[C@@H](O)[C@@H](O)C2)C1=O. The summed E-state index contributed by atoms with van der Waals surface area (Å²) in [5.41, 5.74) is 0. The smallest absolute Gasteiger partial charge is 0.327 e. The maximum Gasteiger partial charge on any atom is 0.327 e. The van der Waals surface area contributed by atoms with Crippen molar-refractivity contribution in [2.45, 2.75) is 12.2 Å². The van der Waals surface area contributed by atoms with Crippen LogP contribution in [0.4, 0.5) is 4.79 Å². The molecule has 0 radical (unpaired) electrons. The first-order valence-electron chi connectivity index (χ1n) is 5.59. The van der Waals surface area contributed by atoms with Gasteiger partial charge in [0.15, 0.2) is 0 Å². The molecular formula is C10H15N3O5. The van der Waals surface area contributed by atoms with Gasteiger partial charge < -0.3 is 20.0 Å². The summed E-state index contributed by atoms with van der Waals surface area (Å²) in [6.45, 7) is -0.336. The third-order valence-electron chi connectivity index (χ3n) is 3.14. The van der Waals surface area contributed by atoms with Crippen molar-refractivity contribution in [3.63, 3.8) is 0 Å². The molecule has 2 atom stereocenters. The Balaban J connectivity index is 1.96. The molecular weight excluding hydrogens is 242 g/mol. The summed E-state index contributed by atoms with van der Waals surface area (Å²) < 4.78 is 0. The number of hydrogen-bond donors (Lipinski definition) is 2. The van der Waals surface area contributed by atoms with Crippen molar-refractivity contribution in [3.05, 3.63) is 0 Å². The molecule has 0 aliphatic carbocycles. The molecule has 0 unspecified atom stereocenters. The Kier molecular flexibility index (Phi) is 3.22. The second-order valence-corrected chi connectivity index (χ2v) is 4.55. The Morgan fingerprint density at radius 2 is 1.83 bits per heavy atom. The second-order valence-electron chi connectivity index (χ2n) is 4.55. The zero-order chi connectivity index (χ0) is 13.4. The minimum atomic E-state index is -0.971. The predicted octanol–water partition coefficient (Wildman–Crippen LogP) is -2.56. The number of β-amino-alcohol motifs (C(OH)–C–C–N with tert-alkyl or cyclic N) is 2. The number of amides is 4. The standard InChI is InChI=1S/C10H15N3O5/c1-11-4-9(17)13(10(11)18)5-8(16)12-2-6(14)7(15)3-12/h6-7,14-15H,2-5H2,1H3/t6-,7+. The Labute approximate surface area is 103 Å². The van der Waals surface area contributed by atoms with E-state index in [9.17, 15) is 24.6 Å². The van der Waals surface area contributed by atoms with Crippen LogP contribution in [0.25, 0.3) is 0 Å². The van der Waals surface area contributed by atoms with E-state index in [4.69, 9.17) is 0 Å². The van der Waals surface area contributed by atoms with E-state index in [1.165, 1.54) is 16.8 Å². The number of hydrogen-bond acceptors (Lipinski definition) is 5. The molecule has 2 saturated heterocycles. The van der Waals surface area contributed by atoms with E-state index >= 15 is 0 Å². The van der Waals surface area contributed by atoms with Crippen LogP contribution in [0.3, 0.4) is 0 Å². The molecule has 0 aromatic heterocycles. The summed E-state index contributed by atoms with van der Waals surface area (Å²) >= 11 is 0. The van der Waals surface area contributed by atoms with Gasteiger partial charge >= 0.3 is 6.03 Å². The fourth-order valence-corrected chi connectivity index (χ4v) is 2.03. The van der Waals surface area contributed by atoms with Gasteiger partial charge in [-0.05, 0) is 0 Å². The first kappa shape index (κ1) is 12.8. The highest BCUT2D eigenvalue weighted by Gasteiger charge is 2.38. The summed E-state index contributed by atoms with van der Waals surface area (Å²) in [6, 6.07) is -0.506. The average Bonchev–Trinajstić information content (AvgIpc) is 2.75. The molecule has 0 aromatic rings. The Hall–Kier alpha value is -1.67. The topological polar surface area (TPSA) is 101 Å². The van der Waals surface area contributed by atoms with Crippen LogP contribution in [0.2, 0.25) is 0 Å². The van der Waals surface area contributed by atoms with Crippen molar-refractivity contribution >= 4 is 17.8 Å². The summed E-state index contributed by atoms with van der Waals surface area (Å²) in [5.74, 6) is -0.876. The molecule has 18 heavy (non-hydrogen) atoms. The molecule has 8 nitrogen and oxygen atoms in total. The molecule has 4 amide bonds. The van der Waals surface area contributed by atoms with Gasteiger partial charge in [-0.15, -0.1) is 0 Å². The van der Waals surface area contributed by atoms with Crippen LogP contribution in [0.15, 0.2) is 0 Å². The molecule has 2 heterocycles. The highest BCUT2D eigenvalue weighted by Crippen LogP contribution is 2.13. The van der Waals surface area contributed by atoms with Gasteiger partial charge in [0.1, 0.15) is 13.1 Å². The zero-order valence-corrected chi connectivity index (χ0v) is 9.94. The maximum atomic E-state index is 11.8. The Morgan fingerprint density at radius 1 is 1.28 bits per heavy atom. The van der Waals surface area contributed by atoms with E-state index < -0.39 is 30.1 Å². The van der Waals surface area contributed by atoms with Crippen molar-refractivity contribution in [3.8, 4) is 0 Å². The van der Waals surface area contributed by atoms with Crippen molar-refractivity contribution in [2.75, 3.05) is 33.2 Å². The predicted molar refractivity (Wildman–Crippen MR) is 58.3 cm³/mol. The lowest BCUT2D eigenvalue weighted by Crippen LogP contribution is -2.42. The highest BCUT2D eigenvalue weighted by molar-refractivity contribution is 6.04. The van der Waals surface area contributed by atoms with Crippen molar-refractivity contribution in [2.24, 2.45) is 0 Å². The number of carbonyl (C=O) groups excluding carboxylic acids is 3. The first-order valence-corrected chi connectivity index (χ1v) is 5.59. The number of imide groups is 1. The van der Waals surface area contributed by atoms with Gasteiger partial charge in [0.25, 0.3) is 5.91 Å². The minimum Gasteiger partial charge on any atom is -0.388 e. The number of nitrogens with zero attached hydrogens (tertiary/aromatic N) is 3. The molecule has 2 aliphatic heterocycles. The van der Waals surface area contributed by atoms with Crippen molar-refractivity contribution in [1.29, 1.82) is 0 Å². The molecule has 2 fully saturated rings. The van der Waals surface area contributed by atoms with Crippen LogP contribution >= 0.6 is 0 Å². The van der Waals surface area contributed by atoms with Crippen LogP contribution < -0.4 is 0 Å². The number of aliphatic hydroxyl groups excluding tert-OH is 2. The van der Waals surface area contributed by atoms with Crippen LogP contribution in [-0.4, -0.2) is 88.2 Å². The van der Waals surface area contributed by atoms with E-state index in [1.54, 1.807) is 0 Å². The van der Waals surface area contributed by atoms with E-state index in [0.717, 1.165) is 4.90 Å². The first-order chi connectivity index (χ1) is 8.40. The Morgan fingerprint density at radius 3 is 2.28 bits per heavy atom. The number of carbonyl (C=O) groups is 3. The maximum absolute atomic E-state index is 11.8. The zero-order valence-electron chi connectivity index (χ0n) is 9.94. The number of rotatable bonds is 2. The van der Waals surface area contributed by atoms with Crippen molar-refractivity contribution in [1.82, 2.24) is 14.7 Å². The van der Waals surface area contributed by atoms with Gasteiger partial charge in [0.05, 0.1) is 12.2 Å². The lowest BCUT2D eigenvalue weighted by Gasteiger charge is -2.19. The lowest BCUT2D eigenvalue weighted by atomic mass is 10.3. The van der Waals surface area contributed by atoms with E-state index in [1.807, 2.05) is 0 Å². The molecule has 0 spiro atoms. The molecule has 8 heteroatoms. The fraction of sp³-hybridized carbons (Fsp3) is 0.700. The third kappa shape index (κ3) is 2.16. The molecule has 0 bridgehead atoms. The van der Waals surface area contributed by atoms with Gasteiger partial charge in [-0.25, -0.2) is 4.79 Å². The minimum absolute atomic E-state index is 0.0199. The van der Waals surface area contributed by atoms with Crippen LogP contribution in [0, 0.1) is 0 Å². The summed E-state index contributed by atoms with van der Waals surface area (Å²) in [5, 5.41) is 18.6. The normalized spacial score (nSPS) is 28.5. The number of likely N-dealkylation sites (tertiary alicyclic amines) is 1. The number of urea groups is 1. The largest absolute Gasteiger partial charge is 0.388 e. The molecule has 2 rings (SSSR count). The summed E-state index contributed by atoms with van der Waals surface area (Å²) in [7, 11) is 1.48. The second kappa shape index (κ2) is 4.54. The number of likely N-dealkylation sites (N-methyl/N-ethyl adjacent to an activating group) is 1. The lowest BCUT2D eigenvalue weighted by molar-refractivity contribution is -0.136.